The maximum atomic E-state index is 5.75. The number of benzene rings is 1. The van der Waals surface area contributed by atoms with Gasteiger partial charge in [0.25, 0.3) is 0 Å². The quantitative estimate of drug-likeness (QED) is 0.771. The zero-order valence-corrected chi connectivity index (χ0v) is 11.9. The van der Waals surface area contributed by atoms with Crippen LogP contribution in [-0.2, 0) is 13.1 Å². The summed E-state index contributed by atoms with van der Waals surface area (Å²) in [6.07, 6.45) is 2.50. The van der Waals surface area contributed by atoms with Crippen molar-refractivity contribution in [1.29, 1.82) is 0 Å². The molecule has 0 aliphatic heterocycles. The number of methoxy groups -OCH3 is 1. The van der Waals surface area contributed by atoms with Crippen molar-refractivity contribution < 1.29 is 4.74 Å². The highest BCUT2D eigenvalue weighted by Gasteiger charge is 2.06. The van der Waals surface area contributed by atoms with Crippen LogP contribution in [0.5, 0.6) is 5.75 Å². The summed E-state index contributed by atoms with van der Waals surface area (Å²) in [5.41, 5.74) is 8.14. The number of hydrogen-bond donors (Lipinski definition) is 1. The molecule has 0 aliphatic rings. The molecule has 0 atom stereocenters. The van der Waals surface area contributed by atoms with Gasteiger partial charge in [0.05, 0.1) is 7.11 Å². The molecular formula is C15H26N2O. The molecule has 18 heavy (non-hydrogen) atoms. The fraction of sp³-hybridized carbons (Fsp3) is 0.600. The maximum Gasteiger partial charge on any atom is 0.123 e. The van der Waals surface area contributed by atoms with Crippen LogP contribution in [0.25, 0.3) is 0 Å². The highest BCUT2D eigenvalue weighted by molar-refractivity contribution is 5.37. The standard InChI is InChI=1S/C15H26N2O/c1-4-6-9-17(5-2)12-13-7-8-15(18-3)14(10-13)11-16/h7-8,10H,4-6,9,11-12,16H2,1-3H3. The molecule has 3 nitrogen and oxygen atoms in total. The summed E-state index contributed by atoms with van der Waals surface area (Å²) in [6, 6.07) is 6.31. The van der Waals surface area contributed by atoms with E-state index in [4.69, 9.17) is 10.5 Å². The first-order valence-corrected chi connectivity index (χ1v) is 6.83. The maximum absolute atomic E-state index is 5.75. The molecule has 102 valence electrons. The first kappa shape index (κ1) is 15.0. The van der Waals surface area contributed by atoms with Gasteiger partial charge in [-0.15, -0.1) is 0 Å². The molecule has 1 rings (SSSR count). The largest absolute Gasteiger partial charge is 0.496 e. The van der Waals surface area contributed by atoms with E-state index in [9.17, 15) is 0 Å². The lowest BCUT2D eigenvalue weighted by molar-refractivity contribution is 0.275. The molecular weight excluding hydrogens is 224 g/mol. The molecule has 3 heteroatoms. The Hall–Kier alpha value is -1.06. The lowest BCUT2D eigenvalue weighted by Crippen LogP contribution is -2.24. The number of nitrogens with zero attached hydrogens (tertiary/aromatic N) is 1. The number of rotatable bonds is 8. The molecule has 0 amide bonds. The molecule has 1 aromatic carbocycles. The molecule has 0 unspecified atom stereocenters. The van der Waals surface area contributed by atoms with Gasteiger partial charge in [-0.3, -0.25) is 4.90 Å². The summed E-state index contributed by atoms with van der Waals surface area (Å²) in [5.74, 6) is 0.887. The molecule has 0 heterocycles. The van der Waals surface area contributed by atoms with Crippen LogP contribution < -0.4 is 10.5 Å². The second-order valence-corrected chi connectivity index (χ2v) is 4.57. The van der Waals surface area contributed by atoms with Crippen molar-refractivity contribution >= 4 is 0 Å². The van der Waals surface area contributed by atoms with Gasteiger partial charge in [0.1, 0.15) is 5.75 Å². The molecule has 0 fully saturated rings. The Balaban J connectivity index is 2.71. The summed E-state index contributed by atoms with van der Waals surface area (Å²) in [7, 11) is 1.69. The summed E-state index contributed by atoms with van der Waals surface area (Å²) >= 11 is 0. The lowest BCUT2D eigenvalue weighted by atomic mass is 10.1. The molecule has 1 aromatic rings. The first-order valence-electron chi connectivity index (χ1n) is 6.83. The third-order valence-corrected chi connectivity index (χ3v) is 3.25. The monoisotopic (exact) mass is 250 g/mol. The summed E-state index contributed by atoms with van der Waals surface area (Å²) < 4.78 is 5.29. The van der Waals surface area contributed by atoms with Crippen molar-refractivity contribution in [2.75, 3.05) is 20.2 Å². The molecule has 0 aromatic heterocycles. The van der Waals surface area contributed by atoms with Crippen LogP contribution in [0.4, 0.5) is 0 Å². The third kappa shape index (κ3) is 4.31. The summed E-state index contributed by atoms with van der Waals surface area (Å²) in [4.78, 5) is 2.46. The van der Waals surface area contributed by atoms with Gasteiger partial charge in [0, 0.05) is 18.7 Å². The highest BCUT2D eigenvalue weighted by Crippen LogP contribution is 2.20. The minimum Gasteiger partial charge on any atom is -0.496 e. The van der Waals surface area contributed by atoms with Crippen molar-refractivity contribution in [3.63, 3.8) is 0 Å². The summed E-state index contributed by atoms with van der Waals surface area (Å²) in [6.45, 7) is 8.21. The van der Waals surface area contributed by atoms with Gasteiger partial charge in [0.2, 0.25) is 0 Å². The second kappa shape index (κ2) is 8.11. The average Bonchev–Trinajstić information content (AvgIpc) is 2.43. The van der Waals surface area contributed by atoms with E-state index in [1.165, 1.54) is 18.4 Å². The van der Waals surface area contributed by atoms with Crippen LogP contribution in [0, 0.1) is 0 Å². The smallest absolute Gasteiger partial charge is 0.123 e. The van der Waals surface area contributed by atoms with Crippen LogP contribution in [0.3, 0.4) is 0 Å². The van der Waals surface area contributed by atoms with Crippen molar-refractivity contribution in [3.8, 4) is 5.75 Å². The van der Waals surface area contributed by atoms with E-state index in [1.54, 1.807) is 7.11 Å². The van der Waals surface area contributed by atoms with Crippen LogP contribution in [0.2, 0.25) is 0 Å². The van der Waals surface area contributed by atoms with Gasteiger partial charge < -0.3 is 10.5 Å². The van der Waals surface area contributed by atoms with Crippen LogP contribution >= 0.6 is 0 Å². The van der Waals surface area contributed by atoms with Crippen molar-refractivity contribution in [2.24, 2.45) is 5.73 Å². The van der Waals surface area contributed by atoms with Gasteiger partial charge >= 0.3 is 0 Å². The Morgan fingerprint density at radius 3 is 2.61 bits per heavy atom. The third-order valence-electron chi connectivity index (χ3n) is 3.25. The molecule has 2 N–H and O–H groups in total. The highest BCUT2D eigenvalue weighted by atomic mass is 16.5. The average molecular weight is 250 g/mol. The molecule has 0 saturated carbocycles. The Bertz CT molecular complexity index is 352. The SMILES string of the molecule is CCCCN(CC)Cc1ccc(OC)c(CN)c1. The van der Waals surface area contributed by atoms with Crippen molar-refractivity contribution in [1.82, 2.24) is 4.90 Å². The van der Waals surface area contributed by atoms with E-state index in [0.717, 1.165) is 30.9 Å². The number of unbranched alkanes of at least 4 members (excludes halogenated alkanes) is 1. The van der Waals surface area contributed by atoms with Crippen molar-refractivity contribution in [3.05, 3.63) is 29.3 Å². The molecule has 0 aliphatic carbocycles. The minimum absolute atomic E-state index is 0.526. The molecule has 0 bridgehead atoms. The summed E-state index contributed by atoms with van der Waals surface area (Å²) in [5, 5.41) is 0. The fourth-order valence-electron chi connectivity index (χ4n) is 2.08. The van der Waals surface area contributed by atoms with E-state index < -0.39 is 0 Å². The van der Waals surface area contributed by atoms with E-state index >= 15 is 0 Å². The minimum atomic E-state index is 0.526. The predicted molar refractivity (Wildman–Crippen MR) is 76.7 cm³/mol. The second-order valence-electron chi connectivity index (χ2n) is 4.57. The zero-order chi connectivity index (χ0) is 13.4. The van der Waals surface area contributed by atoms with Crippen LogP contribution in [0.1, 0.15) is 37.8 Å². The van der Waals surface area contributed by atoms with Crippen LogP contribution in [0.15, 0.2) is 18.2 Å². The Kier molecular flexibility index (Phi) is 6.76. The normalized spacial score (nSPS) is 10.9. The Morgan fingerprint density at radius 2 is 2.06 bits per heavy atom. The molecule has 0 spiro atoms. The predicted octanol–water partition coefficient (Wildman–Crippen LogP) is 2.78. The number of nitrogens with two attached hydrogens (primary N) is 1. The topological polar surface area (TPSA) is 38.5 Å². The lowest BCUT2D eigenvalue weighted by Gasteiger charge is -2.20. The van der Waals surface area contributed by atoms with Gasteiger partial charge in [-0.2, -0.15) is 0 Å². The zero-order valence-electron chi connectivity index (χ0n) is 11.9. The van der Waals surface area contributed by atoms with Crippen LogP contribution in [-0.4, -0.2) is 25.1 Å². The fourth-order valence-corrected chi connectivity index (χ4v) is 2.08. The van der Waals surface area contributed by atoms with Gasteiger partial charge in [-0.25, -0.2) is 0 Å². The van der Waals surface area contributed by atoms with Crippen molar-refractivity contribution in [2.45, 2.75) is 39.8 Å². The Labute approximate surface area is 111 Å². The van der Waals surface area contributed by atoms with Gasteiger partial charge in [-0.1, -0.05) is 26.3 Å². The number of ether oxygens (including phenoxy) is 1. The Morgan fingerprint density at radius 1 is 1.28 bits per heavy atom. The van der Waals surface area contributed by atoms with E-state index in [0.29, 0.717) is 6.54 Å². The molecule has 0 radical (unpaired) electrons. The molecule has 0 saturated heterocycles. The number of hydrogen-bond acceptors (Lipinski definition) is 3. The first-order chi connectivity index (χ1) is 8.74. The van der Waals surface area contributed by atoms with E-state index in [2.05, 4.69) is 30.9 Å². The van der Waals surface area contributed by atoms with E-state index in [-0.39, 0.29) is 0 Å². The van der Waals surface area contributed by atoms with Gasteiger partial charge in [0.15, 0.2) is 0 Å². The van der Waals surface area contributed by atoms with Gasteiger partial charge in [-0.05, 0) is 37.2 Å². The van der Waals surface area contributed by atoms with E-state index in [1.807, 2.05) is 6.07 Å².